The van der Waals surface area contributed by atoms with Gasteiger partial charge in [-0.25, -0.2) is 0 Å². The van der Waals surface area contributed by atoms with Gasteiger partial charge in [0.1, 0.15) is 17.4 Å². The molecule has 0 unspecified atom stereocenters. The van der Waals surface area contributed by atoms with Crippen LogP contribution in [0.5, 0.6) is 0 Å². The lowest BCUT2D eigenvalue weighted by molar-refractivity contribution is -0.384. The van der Waals surface area contributed by atoms with Gasteiger partial charge in [-0.2, -0.15) is 5.26 Å². The summed E-state index contributed by atoms with van der Waals surface area (Å²) in [4.78, 5) is 22.4. The third-order valence-electron chi connectivity index (χ3n) is 2.64. The number of carbonyl (C=O) groups is 1. The Balaban J connectivity index is 2.39. The third kappa shape index (κ3) is 3.50. The molecule has 8 heteroatoms. The Morgan fingerprint density at radius 2 is 2.09 bits per heavy atom. The number of allylic oxidation sites excluding steroid dienone is 1. The minimum Gasteiger partial charge on any atom is -0.449 e. The lowest BCUT2D eigenvalue weighted by atomic mass is 10.0. The number of nitriles is 1. The van der Waals surface area contributed by atoms with Crippen molar-refractivity contribution in [1.29, 1.82) is 5.26 Å². The van der Waals surface area contributed by atoms with Crippen molar-refractivity contribution in [2.45, 2.75) is 0 Å². The fraction of sp³-hybridized carbons (Fsp3) is 0. The van der Waals surface area contributed by atoms with Crippen molar-refractivity contribution in [3.8, 4) is 6.07 Å². The summed E-state index contributed by atoms with van der Waals surface area (Å²) in [6.45, 7) is 0. The van der Waals surface area contributed by atoms with E-state index < -0.39 is 10.7 Å². The number of hydrogen-bond acceptors (Lipinski definition) is 5. The van der Waals surface area contributed by atoms with Gasteiger partial charge in [0.2, 0.25) is 5.78 Å². The van der Waals surface area contributed by atoms with Crippen molar-refractivity contribution in [1.82, 2.24) is 0 Å². The van der Waals surface area contributed by atoms with Crippen molar-refractivity contribution in [2.24, 2.45) is 0 Å². The molecular formula is C14H6Br2N2O4. The maximum Gasteiger partial charge on any atom is 0.270 e. The highest BCUT2D eigenvalue weighted by atomic mass is 79.9. The van der Waals surface area contributed by atoms with Crippen molar-refractivity contribution < 1.29 is 14.1 Å². The molecule has 0 aliphatic heterocycles. The van der Waals surface area contributed by atoms with E-state index in [0.717, 1.165) is 6.07 Å². The Morgan fingerprint density at radius 3 is 2.64 bits per heavy atom. The summed E-state index contributed by atoms with van der Waals surface area (Å²) < 4.78 is 6.34. The Morgan fingerprint density at radius 1 is 1.36 bits per heavy atom. The van der Waals surface area contributed by atoms with E-state index >= 15 is 0 Å². The Labute approximate surface area is 141 Å². The Hall–Kier alpha value is -2.24. The standard InChI is InChI=1S/C14H6Br2N2O4/c15-12-6-11(22-14(12)16)5-9(7-17)13(19)8-2-1-3-10(4-8)18(20)21/h1-6H/b9-5+. The van der Waals surface area contributed by atoms with E-state index in [1.54, 1.807) is 12.1 Å². The van der Waals surface area contributed by atoms with E-state index in [1.165, 1.54) is 24.3 Å². The Bertz CT molecular complexity index is 814. The number of rotatable bonds is 4. The molecule has 2 rings (SSSR count). The number of carbonyl (C=O) groups excluding carboxylic acids is 1. The maximum atomic E-state index is 12.3. The van der Waals surface area contributed by atoms with Crippen LogP contribution in [0.4, 0.5) is 5.69 Å². The van der Waals surface area contributed by atoms with Gasteiger partial charge in [-0.15, -0.1) is 0 Å². The van der Waals surface area contributed by atoms with Crippen LogP contribution in [0, 0.1) is 21.4 Å². The van der Waals surface area contributed by atoms with E-state index in [0.29, 0.717) is 14.9 Å². The van der Waals surface area contributed by atoms with Gasteiger partial charge >= 0.3 is 0 Å². The fourth-order valence-electron chi connectivity index (χ4n) is 1.64. The maximum absolute atomic E-state index is 12.3. The summed E-state index contributed by atoms with van der Waals surface area (Å²) in [7, 11) is 0. The lowest BCUT2D eigenvalue weighted by Crippen LogP contribution is -2.02. The molecule has 1 heterocycles. The largest absolute Gasteiger partial charge is 0.449 e. The molecule has 0 fully saturated rings. The number of Topliss-reactive ketones (excluding diaryl/α,β-unsaturated/α-hetero) is 1. The van der Waals surface area contributed by atoms with Crippen molar-refractivity contribution >= 4 is 49.4 Å². The number of nitro groups is 1. The van der Waals surface area contributed by atoms with E-state index in [9.17, 15) is 14.9 Å². The Kier molecular flexibility index (Phi) is 4.90. The molecule has 0 aliphatic rings. The average molecular weight is 426 g/mol. The van der Waals surface area contributed by atoms with Crippen LogP contribution in [0.3, 0.4) is 0 Å². The first-order valence-corrected chi connectivity index (χ1v) is 7.36. The van der Waals surface area contributed by atoms with Gasteiger partial charge in [0.25, 0.3) is 5.69 Å². The molecule has 0 aliphatic carbocycles. The molecule has 0 amide bonds. The van der Waals surface area contributed by atoms with Gasteiger partial charge < -0.3 is 4.42 Å². The summed E-state index contributed by atoms with van der Waals surface area (Å²) in [5.41, 5.74) is -0.340. The third-order valence-corrected chi connectivity index (χ3v) is 4.35. The van der Waals surface area contributed by atoms with Crippen LogP contribution in [0.15, 0.2) is 49.5 Å². The van der Waals surface area contributed by atoms with Crippen LogP contribution in [0.2, 0.25) is 0 Å². The first-order valence-electron chi connectivity index (χ1n) is 5.78. The molecule has 0 radical (unpaired) electrons. The lowest BCUT2D eigenvalue weighted by Gasteiger charge is -1.99. The molecular weight excluding hydrogens is 420 g/mol. The van der Waals surface area contributed by atoms with Gasteiger partial charge in [0, 0.05) is 23.8 Å². The molecule has 110 valence electrons. The van der Waals surface area contributed by atoms with Crippen LogP contribution in [-0.2, 0) is 0 Å². The van der Waals surface area contributed by atoms with Crippen LogP contribution in [-0.4, -0.2) is 10.7 Å². The molecule has 0 atom stereocenters. The topological polar surface area (TPSA) is 97.1 Å². The second-order valence-electron chi connectivity index (χ2n) is 4.08. The molecule has 0 spiro atoms. The van der Waals surface area contributed by atoms with Crippen molar-refractivity contribution in [3.63, 3.8) is 0 Å². The molecule has 0 N–H and O–H groups in total. The normalized spacial score (nSPS) is 11.0. The first kappa shape index (κ1) is 16.1. The second kappa shape index (κ2) is 6.68. The molecule has 6 nitrogen and oxygen atoms in total. The minimum atomic E-state index is -0.616. The molecule has 0 saturated heterocycles. The highest BCUT2D eigenvalue weighted by Gasteiger charge is 2.16. The van der Waals surface area contributed by atoms with Crippen LogP contribution < -0.4 is 0 Å². The smallest absolute Gasteiger partial charge is 0.270 e. The van der Waals surface area contributed by atoms with E-state index in [4.69, 9.17) is 9.68 Å². The van der Waals surface area contributed by atoms with Gasteiger partial charge in [-0.1, -0.05) is 12.1 Å². The van der Waals surface area contributed by atoms with E-state index in [-0.39, 0.29) is 16.8 Å². The first-order chi connectivity index (χ1) is 10.4. The number of hydrogen-bond donors (Lipinski definition) is 0. The van der Waals surface area contributed by atoms with Crippen LogP contribution in [0.1, 0.15) is 16.1 Å². The molecule has 22 heavy (non-hydrogen) atoms. The molecule has 2 aromatic rings. The highest BCUT2D eigenvalue weighted by Crippen LogP contribution is 2.28. The molecule has 1 aromatic carbocycles. The predicted molar refractivity (Wildman–Crippen MR) is 85.1 cm³/mol. The summed E-state index contributed by atoms with van der Waals surface area (Å²) in [6.07, 6.45) is 1.27. The predicted octanol–water partition coefficient (Wildman–Crippen LogP) is 4.50. The summed E-state index contributed by atoms with van der Waals surface area (Å²) in [6, 6.07) is 8.56. The van der Waals surface area contributed by atoms with Crippen molar-refractivity contribution in [3.05, 3.63) is 66.5 Å². The zero-order valence-corrected chi connectivity index (χ0v) is 13.9. The monoisotopic (exact) mass is 424 g/mol. The summed E-state index contributed by atoms with van der Waals surface area (Å²) in [5.74, 6) is -0.316. The number of nitro benzene ring substituents is 1. The van der Waals surface area contributed by atoms with Gasteiger partial charge in [0.05, 0.1) is 9.40 Å². The minimum absolute atomic E-state index is 0.0617. The zero-order valence-electron chi connectivity index (χ0n) is 10.7. The van der Waals surface area contributed by atoms with Gasteiger partial charge in [-0.3, -0.25) is 14.9 Å². The molecule has 1 aromatic heterocycles. The van der Waals surface area contributed by atoms with Crippen molar-refractivity contribution in [2.75, 3.05) is 0 Å². The van der Waals surface area contributed by atoms with Gasteiger partial charge in [0.15, 0.2) is 4.67 Å². The number of non-ortho nitro benzene ring substituents is 1. The molecule has 0 bridgehead atoms. The number of benzene rings is 1. The van der Waals surface area contributed by atoms with Crippen LogP contribution >= 0.6 is 31.9 Å². The summed E-state index contributed by atoms with van der Waals surface area (Å²) >= 11 is 6.37. The second-order valence-corrected chi connectivity index (χ2v) is 5.65. The molecule has 0 saturated carbocycles. The van der Waals surface area contributed by atoms with Gasteiger partial charge in [-0.05, 0) is 37.9 Å². The van der Waals surface area contributed by atoms with E-state index in [2.05, 4.69) is 31.9 Å². The SMILES string of the molecule is N#C/C(=C\c1cc(Br)c(Br)o1)C(=O)c1cccc([N+](=O)[O-])c1. The van der Waals surface area contributed by atoms with Crippen LogP contribution in [0.25, 0.3) is 6.08 Å². The highest BCUT2D eigenvalue weighted by molar-refractivity contribution is 9.13. The number of ketones is 1. The average Bonchev–Trinajstić information content (AvgIpc) is 2.82. The quantitative estimate of drug-likeness (QED) is 0.236. The number of nitrogens with zero attached hydrogens (tertiary/aromatic N) is 2. The van der Waals surface area contributed by atoms with E-state index in [1.807, 2.05) is 0 Å². The fourth-order valence-corrected chi connectivity index (χ4v) is 2.25. The summed E-state index contributed by atoms with van der Waals surface area (Å²) in [5, 5.41) is 19.9. The number of halogens is 2. The zero-order chi connectivity index (χ0) is 16.3. The number of furan rings is 1.